The largest absolute Gasteiger partial charge is 0.293 e. The number of amides is 1. The van der Waals surface area contributed by atoms with Gasteiger partial charge in [-0.25, -0.2) is 5.84 Å². The van der Waals surface area contributed by atoms with Crippen LogP contribution in [0.1, 0.15) is 5.56 Å². The van der Waals surface area contributed by atoms with Crippen LogP contribution in [0.5, 0.6) is 0 Å². The number of hydrazine groups is 1. The van der Waals surface area contributed by atoms with Gasteiger partial charge in [-0.15, -0.1) is 0 Å². The van der Waals surface area contributed by atoms with Gasteiger partial charge >= 0.3 is 0 Å². The number of nitrogens with one attached hydrogen (secondary N) is 1. The predicted octanol–water partition coefficient (Wildman–Crippen LogP) is 0.762. The van der Waals surface area contributed by atoms with Gasteiger partial charge in [-0.2, -0.15) is 0 Å². The maximum absolute atomic E-state index is 11.0. The minimum absolute atomic E-state index is 0.218. The average Bonchev–Trinajstić information content (AvgIpc) is 2.21. The number of hydrogen-bond donors (Lipinski definition) is 2. The number of halogens is 1. The predicted molar refractivity (Wildman–Crippen MR) is 60.1 cm³/mol. The highest BCUT2D eigenvalue weighted by Crippen LogP contribution is 2.16. The molecule has 3 N–H and O–H groups in total. The molecule has 0 saturated carbocycles. The van der Waals surface area contributed by atoms with Crippen LogP contribution in [0.25, 0.3) is 0 Å². The highest BCUT2D eigenvalue weighted by molar-refractivity contribution is 6.31. The average molecular weight is 228 g/mol. The van der Waals surface area contributed by atoms with Crippen LogP contribution >= 0.6 is 11.6 Å². The van der Waals surface area contributed by atoms with Crippen LogP contribution in [-0.4, -0.2) is 24.4 Å². The van der Waals surface area contributed by atoms with E-state index in [9.17, 15) is 4.79 Å². The van der Waals surface area contributed by atoms with Crippen molar-refractivity contribution in [3.63, 3.8) is 0 Å². The lowest BCUT2D eigenvalue weighted by atomic mass is 10.2. The molecule has 1 rings (SSSR count). The zero-order valence-electron chi connectivity index (χ0n) is 8.53. The van der Waals surface area contributed by atoms with Crippen molar-refractivity contribution >= 4 is 17.5 Å². The first kappa shape index (κ1) is 12.0. The molecule has 0 bridgehead atoms. The first-order valence-electron chi connectivity index (χ1n) is 4.55. The van der Waals surface area contributed by atoms with E-state index >= 15 is 0 Å². The van der Waals surface area contributed by atoms with E-state index in [1.807, 2.05) is 36.2 Å². The summed E-state index contributed by atoms with van der Waals surface area (Å²) in [4.78, 5) is 12.8. The number of carbonyl (C=O) groups excluding carboxylic acids is 1. The van der Waals surface area contributed by atoms with Gasteiger partial charge in [0.15, 0.2) is 0 Å². The first-order valence-corrected chi connectivity index (χ1v) is 4.92. The summed E-state index contributed by atoms with van der Waals surface area (Å²) in [7, 11) is 1.83. The van der Waals surface area contributed by atoms with Gasteiger partial charge in [-0.1, -0.05) is 29.8 Å². The zero-order valence-corrected chi connectivity index (χ0v) is 9.29. The molecule has 1 amide bonds. The Kier molecular flexibility index (Phi) is 4.55. The summed E-state index contributed by atoms with van der Waals surface area (Å²) >= 11 is 5.99. The lowest BCUT2D eigenvalue weighted by Gasteiger charge is -2.16. The highest BCUT2D eigenvalue weighted by atomic mass is 35.5. The smallest absolute Gasteiger partial charge is 0.248 e. The topological polar surface area (TPSA) is 58.4 Å². The lowest BCUT2D eigenvalue weighted by Crippen LogP contribution is -2.38. The summed E-state index contributed by atoms with van der Waals surface area (Å²) in [6, 6.07) is 7.55. The molecule has 4 nitrogen and oxygen atoms in total. The van der Waals surface area contributed by atoms with Gasteiger partial charge < -0.3 is 0 Å². The van der Waals surface area contributed by atoms with Crippen molar-refractivity contribution in [1.82, 2.24) is 10.3 Å². The maximum atomic E-state index is 11.0. The number of nitrogens with zero attached hydrogens (tertiary/aromatic N) is 1. The molecule has 0 aliphatic heterocycles. The van der Waals surface area contributed by atoms with Crippen LogP contribution in [0, 0.1) is 0 Å². The van der Waals surface area contributed by atoms with Gasteiger partial charge in [0.25, 0.3) is 0 Å². The van der Waals surface area contributed by atoms with Gasteiger partial charge in [-0.3, -0.25) is 15.1 Å². The van der Waals surface area contributed by atoms with E-state index in [0.29, 0.717) is 11.6 Å². The fourth-order valence-corrected chi connectivity index (χ4v) is 1.46. The summed E-state index contributed by atoms with van der Waals surface area (Å²) in [5, 5.41) is 0.706. The first-order chi connectivity index (χ1) is 7.13. The second-order valence-corrected chi connectivity index (χ2v) is 3.74. The number of benzene rings is 1. The molecule has 0 saturated heterocycles. The van der Waals surface area contributed by atoms with Crippen molar-refractivity contribution in [3.05, 3.63) is 34.9 Å². The molecule has 0 heterocycles. The number of nitrogens with two attached hydrogens (primary N) is 1. The summed E-state index contributed by atoms with van der Waals surface area (Å²) < 4.78 is 0. The molecular formula is C10H14ClN3O. The SMILES string of the molecule is CN(CC(=O)NN)Cc1ccccc1Cl. The molecule has 15 heavy (non-hydrogen) atoms. The van der Waals surface area contributed by atoms with E-state index in [1.54, 1.807) is 0 Å². The van der Waals surface area contributed by atoms with Crippen molar-refractivity contribution in [2.24, 2.45) is 5.84 Å². The molecular weight excluding hydrogens is 214 g/mol. The van der Waals surface area contributed by atoms with Crippen LogP contribution in [-0.2, 0) is 11.3 Å². The van der Waals surface area contributed by atoms with Crippen molar-refractivity contribution < 1.29 is 4.79 Å². The van der Waals surface area contributed by atoms with Gasteiger partial charge in [0, 0.05) is 11.6 Å². The van der Waals surface area contributed by atoms with E-state index in [-0.39, 0.29) is 12.5 Å². The van der Waals surface area contributed by atoms with E-state index in [1.165, 1.54) is 0 Å². The molecule has 0 fully saturated rings. The van der Waals surface area contributed by atoms with Crippen LogP contribution < -0.4 is 11.3 Å². The van der Waals surface area contributed by atoms with Crippen LogP contribution in [0.15, 0.2) is 24.3 Å². The Bertz CT molecular complexity index is 343. The number of likely N-dealkylation sites (N-methyl/N-ethyl adjacent to an activating group) is 1. The summed E-state index contributed by atoms with van der Waals surface area (Å²) in [6.45, 7) is 0.870. The van der Waals surface area contributed by atoms with Crippen LogP contribution in [0.3, 0.4) is 0 Å². The minimum Gasteiger partial charge on any atom is -0.293 e. The zero-order chi connectivity index (χ0) is 11.3. The Hall–Kier alpha value is -1.10. The van der Waals surface area contributed by atoms with Gasteiger partial charge in [0.05, 0.1) is 6.54 Å². The van der Waals surface area contributed by atoms with Crippen molar-refractivity contribution in [1.29, 1.82) is 0 Å². The van der Waals surface area contributed by atoms with Crippen LogP contribution in [0.2, 0.25) is 5.02 Å². The van der Waals surface area contributed by atoms with Crippen molar-refractivity contribution in [3.8, 4) is 0 Å². The second kappa shape index (κ2) is 5.70. The van der Waals surface area contributed by atoms with E-state index in [2.05, 4.69) is 5.43 Å². The van der Waals surface area contributed by atoms with E-state index in [0.717, 1.165) is 5.56 Å². The Balaban J connectivity index is 2.55. The Morgan fingerprint density at radius 1 is 1.53 bits per heavy atom. The van der Waals surface area contributed by atoms with Crippen molar-refractivity contribution in [2.45, 2.75) is 6.54 Å². The third-order valence-corrected chi connectivity index (χ3v) is 2.34. The summed E-state index contributed by atoms with van der Waals surface area (Å²) in [5.74, 6) is 4.77. The van der Waals surface area contributed by atoms with Crippen molar-refractivity contribution in [2.75, 3.05) is 13.6 Å². The maximum Gasteiger partial charge on any atom is 0.248 e. The molecule has 1 aromatic carbocycles. The number of carbonyl (C=O) groups is 1. The molecule has 0 unspecified atom stereocenters. The monoisotopic (exact) mass is 227 g/mol. The van der Waals surface area contributed by atoms with Gasteiger partial charge in [0.1, 0.15) is 0 Å². The third-order valence-electron chi connectivity index (χ3n) is 1.97. The van der Waals surface area contributed by atoms with Gasteiger partial charge in [-0.05, 0) is 18.7 Å². The fourth-order valence-electron chi connectivity index (χ4n) is 1.26. The highest BCUT2D eigenvalue weighted by Gasteiger charge is 2.07. The van der Waals surface area contributed by atoms with Crippen LogP contribution in [0.4, 0.5) is 0 Å². The molecule has 0 aliphatic carbocycles. The molecule has 0 atom stereocenters. The summed E-state index contributed by atoms with van der Waals surface area (Å²) in [6.07, 6.45) is 0. The fraction of sp³-hybridized carbons (Fsp3) is 0.300. The molecule has 5 heteroatoms. The second-order valence-electron chi connectivity index (χ2n) is 3.33. The third kappa shape index (κ3) is 3.87. The normalized spacial score (nSPS) is 10.4. The number of hydrogen-bond acceptors (Lipinski definition) is 3. The molecule has 82 valence electrons. The molecule has 1 aromatic rings. The number of rotatable bonds is 4. The quantitative estimate of drug-likeness (QED) is 0.454. The standard InChI is InChI=1S/C10H14ClN3O/c1-14(7-10(15)13-12)6-8-4-2-3-5-9(8)11/h2-5H,6-7,12H2,1H3,(H,13,15). The molecule has 0 aromatic heterocycles. The Morgan fingerprint density at radius 3 is 2.80 bits per heavy atom. The molecule has 0 spiro atoms. The Morgan fingerprint density at radius 2 is 2.20 bits per heavy atom. The van der Waals surface area contributed by atoms with E-state index < -0.39 is 0 Å². The molecule has 0 radical (unpaired) electrons. The van der Waals surface area contributed by atoms with Gasteiger partial charge in [0.2, 0.25) is 5.91 Å². The minimum atomic E-state index is -0.218. The summed E-state index contributed by atoms with van der Waals surface area (Å²) in [5.41, 5.74) is 3.07. The molecule has 0 aliphatic rings. The lowest BCUT2D eigenvalue weighted by molar-refractivity contribution is -0.122. The Labute approximate surface area is 94.0 Å². The van der Waals surface area contributed by atoms with E-state index in [4.69, 9.17) is 17.4 Å².